The summed E-state index contributed by atoms with van der Waals surface area (Å²) >= 11 is 0. The first kappa shape index (κ1) is 58.3. The van der Waals surface area contributed by atoms with Gasteiger partial charge in [-0.2, -0.15) is 8.78 Å². The van der Waals surface area contributed by atoms with E-state index in [4.69, 9.17) is 33.2 Å². The fourth-order valence-corrected chi connectivity index (χ4v) is 6.71. The maximum absolute atomic E-state index is 16.6. The molecule has 3 amide bonds. The van der Waals surface area contributed by atoms with Crippen LogP contribution in [0.2, 0.25) is 0 Å². The molecule has 66 heavy (non-hydrogen) atoms. The minimum absolute atomic E-state index is 0.0168. The Kier molecular flexibility index (Phi) is 29.0. The summed E-state index contributed by atoms with van der Waals surface area (Å²) in [4.78, 5) is 55.6. The largest absolute Gasteiger partial charge is 0.464 e. The lowest BCUT2D eigenvalue weighted by Crippen LogP contribution is -2.73. The first-order valence-corrected chi connectivity index (χ1v) is 24.1. The summed E-state index contributed by atoms with van der Waals surface area (Å²) in [5.41, 5.74) is 0.716. The van der Waals surface area contributed by atoms with Crippen molar-refractivity contribution in [1.29, 1.82) is 0 Å². The van der Waals surface area contributed by atoms with Gasteiger partial charge in [0.1, 0.15) is 49.1 Å². The van der Waals surface area contributed by atoms with Crippen LogP contribution in [0.4, 0.5) is 13.6 Å². The molecule has 378 valence electrons. The van der Waals surface area contributed by atoms with Crippen LogP contribution in [-0.2, 0) is 54.1 Å². The van der Waals surface area contributed by atoms with Gasteiger partial charge < -0.3 is 54.2 Å². The fourth-order valence-electron chi connectivity index (χ4n) is 6.71. The maximum atomic E-state index is 16.6. The number of nitrogens with one attached hydrogen (secondary N) is 3. The number of benzene rings is 1. The normalized spacial score (nSPS) is 21.2. The fraction of sp³-hybridized carbons (Fsp3) is 0.771. The number of esters is 1. The molecule has 0 radical (unpaired) electrons. The molecule has 0 unspecified atom stereocenters. The van der Waals surface area contributed by atoms with Gasteiger partial charge in [0.25, 0.3) is 5.79 Å². The second kappa shape index (κ2) is 32.8. The highest BCUT2D eigenvalue weighted by Gasteiger charge is 2.67. The first-order valence-electron chi connectivity index (χ1n) is 24.1. The second-order valence-electron chi connectivity index (χ2n) is 16.7. The summed E-state index contributed by atoms with van der Waals surface area (Å²) in [5, 5.41) is 19.7. The Morgan fingerprint density at radius 2 is 1.32 bits per heavy atom. The SMILES string of the molecule is CCCCOC[C@H]1O[C@@](O)(C(F)(F)C=NCCCC[C@H](NC(=O)OCc2ccccc2)C(=O)N[C@@H](C)C(=O)N[C@@H](C)C(=O)OCCCC)[C@H](OCCCC)[C@@H](OCCCC)[C@H]1OCCCC. The molecule has 16 nitrogen and oxygen atoms in total. The molecular formula is C48H80F2N4O12. The number of hydrogen-bond acceptors (Lipinski definition) is 13. The number of hydrogen-bond donors (Lipinski definition) is 4. The molecule has 1 aromatic carbocycles. The molecule has 1 saturated heterocycles. The molecular weight excluding hydrogens is 863 g/mol. The van der Waals surface area contributed by atoms with E-state index in [1.54, 1.807) is 24.3 Å². The third kappa shape index (κ3) is 20.6. The van der Waals surface area contributed by atoms with Crippen LogP contribution in [0.25, 0.3) is 0 Å². The van der Waals surface area contributed by atoms with E-state index in [-0.39, 0.29) is 58.8 Å². The second-order valence-corrected chi connectivity index (χ2v) is 16.7. The lowest BCUT2D eigenvalue weighted by atomic mass is 9.88. The van der Waals surface area contributed by atoms with Gasteiger partial charge in [-0.15, -0.1) is 0 Å². The zero-order chi connectivity index (χ0) is 48.8. The van der Waals surface area contributed by atoms with Crippen LogP contribution >= 0.6 is 0 Å². The van der Waals surface area contributed by atoms with Crippen LogP contribution in [-0.4, -0.2) is 136 Å². The Bertz CT molecular complexity index is 1550. The average Bonchev–Trinajstić information content (AvgIpc) is 3.29. The molecule has 4 N–H and O–H groups in total. The number of unbranched alkanes of at least 4 members (excludes halogenated alkanes) is 6. The van der Waals surface area contributed by atoms with Crippen molar-refractivity contribution in [2.75, 3.05) is 46.2 Å². The maximum Gasteiger partial charge on any atom is 0.408 e. The van der Waals surface area contributed by atoms with Crippen molar-refractivity contribution in [1.82, 2.24) is 16.0 Å². The number of alkyl carbamates (subject to hydrolysis) is 1. The van der Waals surface area contributed by atoms with E-state index in [2.05, 4.69) is 20.9 Å². The number of amides is 3. The number of carbonyl (C=O) groups excluding carboxylic acids is 4. The quantitative estimate of drug-likeness (QED) is 0.0310. The highest BCUT2D eigenvalue weighted by Crippen LogP contribution is 2.43. The van der Waals surface area contributed by atoms with Gasteiger partial charge in [0.15, 0.2) is 0 Å². The summed E-state index contributed by atoms with van der Waals surface area (Å²) in [6.07, 6.45) is 2.46. The van der Waals surface area contributed by atoms with Gasteiger partial charge in [-0.25, -0.2) is 9.59 Å². The number of carbonyl (C=O) groups is 4. The van der Waals surface area contributed by atoms with Crippen molar-refractivity contribution in [3.05, 3.63) is 35.9 Å². The van der Waals surface area contributed by atoms with Crippen molar-refractivity contribution in [3.8, 4) is 0 Å². The molecule has 0 aliphatic carbocycles. The average molecular weight is 943 g/mol. The predicted molar refractivity (Wildman–Crippen MR) is 246 cm³/mol. The Labute approximate surface area is 391 Å². The smallest absolute Gasteiger partial charge is 0.408 e. The number of nitrogens with zero attached hydrogens (tertiary/aromatic N) is 1. The number of aliphatic imine (C=N–C) groups is 1. The molecule has 2 rings (SSSR count). The Morgan fingerprint density at radius 1 is 0.742 bits per heavy atom. The summed E-state index contributed by atoms with van der Waals surface area (Å²) in [5.74, 6) is -9.28. The Balaban J connectivity index is 2.26. The molecule has 1 fully saturated rings. The van der Waals surface area contributed by atoms with E-state index >= 15 is 8.78 Å². The van der Waals surface area contributed by atoms with Gasteiger partial charge in [-0.1, -0.05) is 97.1 Å². The molecule has 0 saturated carbocycles. The van der Waals surface area contributed by atoms with Crippen LogP contribution in [0.5, 0.6) is 0 Å². The number of rotatable bonds is 35. The third-order valence-electron chi connectivity index (χ3n) is 10.8. The highest BCUT2D eigenvalue weighted by atomic mass is 19.3. The zero-order valence-corrected chi connectivity index (χ0v) is 40.5. The van der Waals surface area contributed by atoms with Gasteiger partial charge in [-0.3, -0.25) is 14.6 Å². The van der Waals surface area contributed by atoms with E-state index in [0.29, 0.717) is 57.1 Å². The van der Waals surface area contributed by atoms with Crippen LogP contribution in [0.15, 0.2) is 35.3 Å². The summed E-state index contributed by atoms with van der Waals surface area (Å²) in [6, 6.07) is 5.63. The minimum Gasteiger partial charge on any atom is -0.464 e. The van der Waals surface area contributed by atoms with Crippen molar-refractivity contribution in [2.24, 2.45) is 4.99 Å². The van der Waals surface area contributed by atoms with Gasteiger partial charge >= 0.3 is 18.0 Å². The van der Waals surface area contributed by atoms with E-state index in [1.807, 2.05) is 40.7 Å². The molecule has 0 spiro atoms. The molecule has 18 heteroatoms. The third-order valence-corrected chi connectivity index (χ3v) is 10.8. The monoisotopic (exact) mass is 943 g/mol. The highest BCUT2D eigenvalue weighted by molar-refractivity contribution is 5.92. The van der Waals surface area contributed by atoms with E-state index in [0.717, 1.165) is 32.1 Å². The minimum atomic E-state index is -4.08. The van der Waals surface area contributed by atoms with Crippen LogP contribution in [0, 0.1) is 0 Å². The van der Waals surface area contributed by atoms with E-state index in [1.165, 1.54) is 13.8 Å². The molecule has 0 bridgehead atoms. The van der Waals surface area contributed by atoms with Crippen molar-refractivity contribution in [2.45, 2.75) is 193 Å². The molecule has 1 aromatic rings. The topological polar surface area (TPSA) is 202 Å². The number of halogens is 2. The standard InChI is InChI=1S/C48H80F2N4O12/c1-8-13-27-60-33-39-40(61-28-14-9-2)41(62-29-15-10-3)42(63-30-16-11-4)48(59,66-39)47(49,50)34-51-26-22-21-25-38(54-46(58)65-32-37-23-19-18-20-24-37)44(56)52-35(6)43(55)53-36(7)45(57)64-31-17-12-5/h18-20,23-24,34-36,38-42,59H,8-17,21-22,25-33H2,1-7H3,(H,52,56)(H,53,55)(H,54,58)/t35-,36-,38-,39+,40-,41-,42+,48+/m0/s1. The molecule has 8 atom stereocenters. The van der Waals surface area contributed by atoms with E-state index in [9.17, 15) is 24.3 Å². The van der Waals surface area contributed by atoms with Gasteiger partial charge in [0, 0.05) is 33.0 Å². The van der Waals surface area contributed by atoms with Crippen molar-refractivity contribution in [3.63, 3.8) is 0 Å². The molecule has 1 aliphatic rings. The Morgan fingerprint density at radius 3 is 1.95 bits per heavy atom. The summed E-state index contributed by atoms with van der Waals surface area (Å²) in [6.45, 7) is 13.6. The van der Waals surface area contributed by atoms with Crippen LogP contribution < -0.4 is 16.0 Å². The van der Waals surface area contributed by atoms with Crippen LogP contribution in [0.3, 0.4) is 0 Å². The molecule has 0 aromatic heterocycles. The number of alkyl halides is 2. The van der Waals surface area contributed by atoms with Gasteiger partial charge in [0.05, 0.1) is 19.4 Å². The number of ether oxygens (including phenoxy) is 7. The first-order chi connectivity index (χ1) is 31.7. The Hall–Kier alpha value is -3.81. The summed E-state index contributed by atoms with van der Waals surface area (Å²) < 4.78 is 74.2. The van der Waals surface area contributed by atoms with Crippen molar-refractivity contribution >= 4 is 30.1 Å². The van der Waals surface area contributed by atoms with Gasteiger partial charge in [-0.05, 0) is 70.8 Å². The van der Waals surface area contributed by atoms with E-state index < -0.39 is 78.1 Å². The van der Waals surface area contributed by atoms with Crippen molar-refractivity contribution < 1.29 is 66.2 Å². The number of aliphatic hydroxyl groups is 1. The molecule has 1 aliphatic heterocycles. The van der Waals surface area contributed by atoms with Gasteiger partial charge in [0.2, 0.25) is 11.8 Å². The van der Waals surface area contributed by atoms with Crippen LogP contribution in [0.1, 0.15) is 138 Å². The zero-order valence-electron chi connectivity index (χ0n) is 40.5. The summed E-state index contributed by atoms with van der Waals surface area (Å²) in [7, 11) is 0. The predicted octanol–water partition coefficient (Wildman–Crippen LogP) is 6.97. The molecule has 1 heterocycles. The lowest BCUT2D eigenvalue weighted by Gasteiger charge is -2.51. The lowest BCUT2D eigenvalue weighted by molar-refractivity contribution is -0.407.